The molecule has 0 aliphatic rings. The second-order valence-corrected chi connectivity index (χ2v) is 7.46. The van der Waals surface area contributed by atoms with Gasteiger partial charge in [-0.1, -0.05) is 29.8 Å². The predicted molar refractivity (Wildman–Crippen MR) is 118 cm³/mol. The molecule has 0 spiro atoms. The molecule has 0 N–H and O–H groups in total. The van der Waals surface area contributed by atoms with Gasteiger partial charge in [-0.2, -0.15) is 0 Å². The molecule has 0 amide bonds. The minimum Gasteiger partial charge on any atom is -0.281 e. The molecule has 0 aliphatic carbocycles. The molecular formula is C23H18N4O3. The van der Waals surface area contributed by atoms with Gasteiger partial charge < -0.3 is 0 Å². The van der Waals surface area contributed by atoms with Gasteiger partial charge in [0.05, 0.1) is 22.1 Å². The van der Waals surface area contributed by atoms with E-state index in [0.717, 1.165) is 15.5 Å². The highest BCUT2D eigenvalue weighted by Gasteiger charge is 2.21. The average Bonchev–Trinajstić information content (AvgIpc) is 2.75. The highest BCUT2D eigenvalue weighted by molar-refractivity contribution is 6.06. The molecule has 3 heterocycles. The van der Waals surface area contributed by atoms with Gasteiger partial charge >= 0.3 is 5.69 Å². The van der Waals surface area contributed by atoms with Crippen LogP contribution in [0.4, 0.5) is 0 Å². The Labute approximate surface area is 170 Å². The van der Waals surface area contributed by atoms with Gasteiger partial charge in [0.2, 0.25) is 0 Å². The van der Waals surface area contributed by atoms with E-state index in [1.165, 1.54) is 16.2 Å². The van der Waals surface area contributed by atoms with E-state index in [1.54, 1.807) is 37.4 Å². The minimum atomic E-state index is -0.507. The first-order valence-electron chi connectivity index (χ1n) is 9.50. The summed E-state index contributed by atoms with van der Waals surface area (Å²) in [7, 11) is 2.98. The fraction of sp³-hybridized carbons (Fsp3) is 0.130. The molecule has 0 bridgehead atoms. The molecule has 0 aliphatic heterocycles. The standard InChI is InChI=1S/C23H18N4O3/c1-13-9-10-17-14(11-13)12-16-19(24-17)18-20(25(2)23(30)26(3)22(18)29)27(21(16)28)15-7-5-4-6-8-15/h4-12H,1-3H3. The third kappa shape index (κ3) is 2.38. The van der Waals surface area contributed by atoms with E-state index in [-0.39, 0.29) is 16.6 Å². The Kier molecular flexibility index (Phi) is 3.76. The third-order valence-electron chi connectivity index (χ3n) is 5.50. The van der Waals surface area contributed by atoms with E-state index >= 15 is 0 Å². The van der Waals surface area contributed by atoms with Gasteiger partial charge in [-0.3, -0.25) is 23.3 Å². The van der Waals surface area contributed by atoms with Crippen molar-refractivity contribution in [3.63, 3.8) is 0 Å². The number of nitrogens with zero attached hydrogens (tertiary/aromatic N) is 4. The van der Waals surface area contributed by atoms with E-state index < -0.39 is 11.2 Å². The topological polar surface area (TPSA) is 78.9 Å². The summed E-state index contributed by atoms with van der Waals surface area (Å²) in [6.45, 7) is 1.97. The third-order valence-corrected chi connectivity index (χ3v) is 5.50. The maximum absolute atomic E-state index is 13.6. The van der Waals surface area contributed by atoms with Crippen molar-refractivity contribution < 1.29 is 0 Å². The number of aryl methyl sites for hydroxylation is 2. The highest BCUT2D eigenvalue weighted by Crippen LogP contribution is 2.24. The molecule has 3 aromatic heterocycles. The molecule has 0 atom stereocenters. The Morgan fingerprint density at radius 2 is 1.57 bits per heavy atom. The van der Waals surface area contributed by atoms with Crippen LogP contribution in [0.5, 0.6) is 0 Å². The first-order valence-corrected chi connectivity index (χ1v) is 9.50. The summed E-state index contributed by atoms with van der Waals surface area (Å²) in [6, 6.07) is 16.5. The van der Waals surface area contributed by atoms with E-state index in [9.17, 15) is 14.4 Å². The van der Waals surface area contributed by atoms with Gasteiger partial charge in [-0.25, -0.2) is 9.78 Å². The molecular weight excluding hydrogens is 380 g/mol. The van der Waals surface area contributed by atoms with Crippen LogP contribution < -0.4 is 16.8 Å². The zero-order valence-electron chi connectivity index (χ0n) is 16.7. The second-order valence-electron chi connectivity index (χ2n) is 7.46. The van der Waals surface area contributed by atoms with E-state index in [1.807, 2.05) is 31.2 Å². The van der Waals surface area contributed by atoms with Crippen LogP contribution in [0.2, 0.25) is 0 Å². The van der Waals surface area contributed by atoms with Crippen molar-refractivity contribution >= 4 is 32.8 Å². The van der Waals surface area contributed by atoms with E-state index in [0.29, 0.717) is 22.1 Å². The fourth-order valence-corrected chi connectivity index (χ4v) is 3.99. The molecule has 0 fully saturated rings. The Bertz CT molecular complexity index is 1680. The van der Waals surface area contributed by atoms with E-state index in [2.05, 4.69) is 4.98 Å². The van der Waals surface area contributed by atoms with Crippen molar-refractivity contribution in [3.8, 4) is 5.69 Å². The lowest BCUT2D eigenvalue weighted by Crippen LogP contribution is -2.39. The zero-order valence-corrected chi connectivity index (χ0v) is 16.7. The van der Waals surface area contributed by atoms with Gasteiger partial charge in [0.15, 0.2) is 0 Å². The number of hydrogen-bond acceptors (Lipinski definition) is 4. The monoisotopic (exact) mass is 398 g/mol. The first-order chi connectivity index (χ1) is 14.4. The molecule has 148 valence electrons. The Morgan fingerprint density at radius 1 is 0.833 bits per heavy atom. The summed E-state index contributed by atoms with van der Waals surface area (Å²) in [5, 5.41) is 1.39. The van der Waals surface area contributed by atoms with Crippen molar-refractivity contribution in [1.82, 2.24) is 18.7 Å². The van der Waals surface area contributed by atoms with Gasteiger partial charge in [0, 0.05) is 19.5 Å². The number of pyridine rings is 2. The summed E-state index contributed by atoms with van der Waals surface area (Å²) in [6.07, 6.45) is 0. The number of hydrogen-bond donors (Lipinski definition) is 0. The maximum Gasteiger partial charge on any atom is 0.332 e. The number of fused-ring (bicyclic) bond motifs is 4. The lowest BCUT2D eigenvalue weighted by Gasteiger charge is -2.16. The molecule has 0 saturated heterocycles. The second kappa shape index (κ2) is 6.25. The zero-order chi connectivity index (χ0) is 21.2. The molecule has 0 radical (unpaired) electrons. The van der Waals surface area contributed by atoms with Gasteiger partial charge in [0.1, 0.15) is 11.0 Å². The van der Waals surface area contributed by atoms with Crippen molar-refractivity contribution in [1.29, 1.82) is 0 Å². The first kappa shape index (κ1) is 18.1. The van der Waals surface area contributed by atoms with Crippen LogP contribution in [0.25, 0.3) is 38.5 Å². The van der Waals surface area contributed by atoms with Crippen LogP contribution in [-0.2, 0) is 14.1 Å². The molecule has 5 aromatic rings. The van der Waals surface area contributed by atoms with Crippen LogP contribution in [-0.4, -0.2) is 18.7 Å². The molecule has 5 rings (SSSR count). The van der Waals surface area contributed by atoms with Crippen LogP contribution in [0.1, 0.15) is 5.56 Å². The summed E-state index contributed by atoms with van der Waals surface area (Å²) >= 11 is 0. The normalized spacial score (nSPS) is 11.6. The van der Waals surface area contributed by atoms with Crippen molar-refractivity contribution in [2.24, 2.45) is 14.1 Å². The molecule has 7 nitrogen and oxygen atoms in total. The molecule has 30 heavy (non-hydrogen) atoms. The lowest BCUT2D eigenvalue weighted by atomic mass is 10.1. The summed E-state index contributed by atoms with van der Waals surface area (Å²) in [4.78, 5) is 44.2. The summed E-state index contributed by atoms with van der Waals surface area (Å²) < 4.78 is 3.79. The molecule has 0 unspecified atom stereocenters. The summed E-state index contributed by atoms with van der Waals surface area (Å²) in [5.74, 6) is 0. The average molecular weight is 398 g/mol. The van der Waals surface area contributed by atoms with Gasteiger partial charge in [-0.15, -0.1) is 0 Å². The van der Waals surface area contributed by atoms with Crippen LogP contribution in [0.15, 0.2) is 69.0 Å². The quantitative estimate of drug-likeness (QED) is 0.321. The highest BCUT2D eigenvalue weighted by atomic mass is 16.2. The largest absolute Gasteiger partial charge is 0.332 e. The van der Waals surface area contributed by atoms with Gasteiger partial charge in [0.25, 0.3) is 11.1 Å². The molecule has 7 heteroatoms. The molecule has 2 aromatic carbocycles. The Morgan fingerprint density at radius 3 is 2.30 bits per heavy atom. The number of rotatable bonds is 1. The maximum atomic E-state index is 13.6. The van der Waals surface area contributed by atoms with Crippen molar-refractivity contribution in [2.45, 2.75) is 6.92 Å². The van der Waals surface area contributed by atoms with Crippen LogP contribution in [0, 0.1) is 6.92 Å². The minimum absolute atomic E-state index is 0.228. The Hall–Kier alpha value is -4.00. The van der Waals surface area contributed by atoms with E-state index in [4.69, 9.17) is 0 Å². The Balaban J connectivity index is 2.17. The van der Waals surface area contributed by atoms with Crippen molar-refractivity contribution in [2.75, 3.05) is 0 Å². The van der Waals surface area contributed by atoms with Crippen molar-refractivity contribution in [3.05, 3.63) is 91.4 Å². The summed E-state index contributed by atoms with van der Waals surface area (Å²) in [5.41, 5.74) is 1.51. The SMILES string of the molecule is Cc1ccc2nc3c(cc2c1)c(=O)n(-c1ccccc1)c1c3c(=O)n(C)c(=O)n1C. The lowest BCUT2D eigenvalue weighted by molar-refractivity contribution is 0.700. The number of aromatic nitrogens is 4. The molecule has 0 saturated carbocycles. The van der Waals surface area contributed by atoms with Crippen LogP contribution in [0.3, 0.4) is 0 Å². The van der Waals surface area contributed by atoms with Crippen LogP contribution >= 0.6 is 0 Å². The van der Waals surface area contributed by atoms with Gasteiger partial charge in [-0.05, 0) is 37.3 Å². The predicted octanol–water partition coefficient (Wildman–Crippen LogP) is 2.40. The fourth-order valence-electron chi connectivity index (χ4n) is 3.99. The number of para-hydroxylation sites is 1. The smallest absolute Gasteiger partial charge is 0.281 e. The number of benzene rings is 2.